The van der Waals surface area contributed by atoms with Gasteiger partial charge in [0.1, 0.15) is 0 Å². The Morgan fingerprint density at radius 3 is 2.35 bits per heavy atom. The molecule has 0 saturated carbocycles. The Bertz CT molecular complexity index is 628. The van der Waals surface area contributed by atoms with Crippen LogP contribution in [-0.2, 0) is 6.42 Å². The Morgan fingerprint density at radius 2 is 1.70 bits per heavy atom. The summed E-state index contributed by atoms with van der Waals surface area (Å²) in [4.78, 5) is 2.30. The molecule has 1 aliphatic heterocycles. The highest BCUT2D eigenvalue weighted by atomic mass is 32.1. The van der Waals surface area contributed by atoms with Gasteiger partial charge in [-0.3, -0.25) is 0 Å². The van der Waals surface area contributed by atoms with E-state index in [2.05, 4.69) is 71.7 Å². The number of hydrogen-bond acceptors (Lipinski definition) is 1. The van der Waals surface area contributed by atoms with Gasteiger partial charge in [0, 0.05) is 18.8 Å². The first-order valence-corrected chi connectivity index (χ1v) is 8.78. The predicted octanol–water partition coefficient (Wildman–Crippen LogP) is 4.65. The fourth-order valence-electron chi connectivity index (χ4n) is 3.13. The minimum Gasteiger partial charge on any atom is -0.349 e. The van der Waals surface area contributed by atoms with Crippen LogP contribution in [0.25, 0.3) is 0 Å². The third kappa shape index (κ3) is 4.55. The Hall–Kier alpha value is -1.87. The van der Waals surface area contributed by atoms with Gasteiger partial charge in [-0.2, -0.15) is 0 Å². The largest absolute Gasteiger partial charge is 0.349 e. The molecule has 1 N–H and O–H groups in total. The third-order valence-electron chi connectivity index (χ3n) is 4.57. The van der Waals surface area contributed by atoms with E-state index in [4.69, 9.17) is 12.2 Å². The lowest BCUT2D eigenvalue weighted by atomic mass is 9.90. The maximum absolute atomic E-state index is 5.57. The summed E-state index contributed by atoms with van der Waals surface area (Å²) in [6.45, 7) is 4.20. The van der Waals surface area contributed by atoms with Crippen molar-refractivity contribution in [2.24, 2.45) is 5.92 Å². The molecule has 2 aromatic carbocycles. The second-order valence-corrected chi connectivity index (χ2v) is 6.80. The van der Waals surface area contributed by atoms with Crippen molar-refractivity contribution in [1.29, 1.82) is 0 Å². The van der Waals surface area contributed by atoms with E-state index in [9.17, 15) is 0 Å². The maximum Gasteiger partial charge on any atom is 0.173 e. The monoisotopic (exact) mass is 324 g/mol. The van der Waals surface area contributed by atoms with Gasteiger partial charge in [0.15, 0.2) is 5.11 Å². The van der Waals surface area contributed by atoms with E-state index in [1.54, 1.807) is 0 Å². The fraction of sp³-hybridized carbons (Fsp3) is 0.350. The smallest absolute Gasteiger partial charge is 0.173 e. The van der Waals surface area contributed by atoms with E-state index < -0.39 is 0 Å². The van der Waals surface area contributed by atoms with E-state index in [0.717, 1.165) is 29.8 Å². The summed E-state index contributed by atoms with van der Waals surface area (Å²) in [5.41, 5.74) is 3.79. The van der Waals surface area contributed by atoms with Crippen molar-refractivity contribution < 1.29 is 0 Å². The lowest BCUT2D eigenvalue weighted by Gasteiger charge is -2.34. The zero-order chi connectivity index (χ0) is 16.1. The van der Waals surface area contributed by atoms with Gasteiger partial charge in [0.25, 0.3) is 0 Å². The average Bonchev–Trinajstić information content (AvgIpc) is 2.58. The molecule has 3 rings (SSSR count). The highest BCUT2D eigenvalue weighted by Gasteiger charge is 2.21. The number of likely N-dealkylation sites (tertiary alicyclic amines) is 1. The SMILES string of the molecule is Cc1ccc(NC(=S)N2CCC(Cc3ccccc3)CC2)cc1. The number of thiocarbonyl (C=S) groups is 1. The number of nitrogens with one attached hydrogen (secondary N) is 1. The molecule has 0 radical (unpaired) electrons. The van der Waals surface area contributed by atoms with Crippen LogP contribution < -0.4 is 5.32 Å². The van der Waals surface area contributed by atoms with Crippen LogP contribution in [0.2, 0.25) is 0 Å². The highest BCUT2D eigenvalue weighted by Crippen LogP contribution is 2.22. The van der Waals surface area contributed by atoms with Crippen LogP contribution in [0.3, 0.4) is 0 Å². The summed E-state index contributed by atoms with van der Waals surface area (Å²) in [6.07, 6.45) is 3.61. The van der Waals surface area contributed by atoms with Crippen LogP contribution >= 0.6 is 12.2 Å². The number of rotatable bonds is 3. The number of benzene rings is 2. The summed E-state index contributed by atoms with van der Waals surface area (Å²) < 4.78 is 0. The van der Waals surface area contributed by atoms with Crippen molar-refractivity contribution in [2.75, 3.05) is 18.4 Å². The first kappa shape index (κ1) is 16.0. The molecule has 0 aromatic heterocycles. The molecule has 0 spiro atoms. The number of nitrogens with zero attached hydrogens (tertiary/aromatic N) is 1. The summed E-state index contributed by atoms with van der Waals surface area (Å²) in [6, 6.07) is 19.2. The normalized spacial score (nSPS) is 15.4. The van der Waals surface area contributed by atoms with E-state index in [-0.39, 0.29) is 0 Å². The topological polar surface area (TPSA) is 15.3 Å². The van der Waals surface area contributed by atoms with Gasteiger partial charge in [-0.1, -0.05) is 48.0 Å². The summed E-state index contributed by atoms with van der Waals surface area (Å²) in [5.74, 6) is 0.774. The van der Waals surface area contributed by atoms with Gasteiger partial charge in [0.05, 0.1) is 0 Å². The van der Waals surface area contributed by atoms with Crippen molar-refractivity contribution in [2.45, 2.75) is 26.2 Å². The summed E-state index contributed by atoms with van der Waals surface area (Å²) >= 11 is 5.57. The van der Waals surface area contributed by atoms with Gasteiger partial charge >= 0.3 is 0 Å². The molecular weight excluding hydrogens is 300 g/mol. The minimum absolute atomic E-state index is 0.774. The second kappa shape index (κ2) is 7.60. The molecule has 0 unspecified atom stereocenters. The lowest BCUT2D eigenvalue weighted by Crippen LogP contribution is -2.41. The summed E-state index contributed by atoms with van der Waals surface area (Å²) in [7, 11) is 0. The minimum atomic E-state index is 0.774. The quantitative estimate of drug-likeness (QED) is 0.828. The Labute approximate surface area is 144 Å². The van der Waals surface area contributed by atoms with Crippen LogP contribution in [0.5, 0.6) is 0 Å². The van der Waals surface area contributed by atoms with E-state index >= 15 is 0 Å². The average molecular weight is 324 g/mol. The van der Waals surface area contributed by atoms with Crippen LogP contribution in [0.1, 0.15) is 24.0 Å². The van der Waals surface area contributed by atoms with Crippen LogP contribution in [0.15, 0.2) is 54.6 Å². The molecule has 0 bridgehead atoms. The number of piperidine rings is 1. The van der Waals surface area contributed by atoms with E-state index in [1.807, 2.05) is 0 Å². The molecule has 1 fully saturated rings. The molecule has 0 aliphatic carbocycles. The zero-order valence-electron chi connectivity index (χ0n) is 13.7. The van der Waals surface area contributed by atoms with Gasteiger partial charge < -0.3 is 10.2 Å². The second-order valence-electron chi connectivity index (χ2n) is 6.42. The number of hydrogen-bond donors (Lipinski definition) is 1. The van der Waals surface area contributed by atoms with Crippen molar-refractivity contribution in [3.63, 3.8) is 0 Å². The molecule has 2 nitrogen and oxygen atoms in total. The number of anilines is 1. The molecule has 1 aliphatic rings. The Balaban J connectivity index is 1.48. The van der Waals surface area contributed by atoms with Gasteiger partial charge in [-0.25, -0.2) is 0 Å². The molecule has 2 aromatic rings. The van der Waals surface area contributed by atoms with Crippen LogP contribution in [-0.4, -0.2) is 23.1 Å². The molecule has 0 atom stereocenters. The van der Waals surface area contributed by atoms with E-state index in [1.165, 1.54) is 30.4 Å². The van der Waals surface area contributed by atoms with Crippen molar-refractivity contribution in [1.82, 2.24) is 4.90 Å². The van der Waals surface area contributed by atoms with Gasteiger partial charge in [-0.15, -0.1) is 0 Å². The molecule has 23 heavy (non-hydrogen) atoms. The third-order valence-corrected chi connectivity index (χ3v) is 4.93. The first-order valence-electron chi connectivity index (χ1n) is 8.37. The van der Waals surface area contributed by atoms with Crippen molar-refractivity contribution >= 4 is 23.0 Å². The van der Waals surface area contributed by atoms with Gasteiger partial charge in [-0.05, 0) is 62.0 Å². The standard InChI is InChI=1S/C20H24N2S/c1-16-7-9-19(10-8-16)21-20(23)22-13-11-18(12-14-22)15-17-5-3-2-4-6-17/h2-10,18H,11-15H2,1H3,(H,21,23). The predicted molar refractivity (Wildman–Crippen MR) is 102 cm³/mol. The Morgan fingerprint density at radius 1 is 1.04 bits per heavy atom. The summed E-state index contributed by atoms with van der Waals surface area (Å²) in [5, 5.41) is 4.21. The van der Waals surface area contributed by atoms with Crippen molar-refractivity contribution in [3.05, 3.63) is 65.7 Å². The fourth-order valence-corrected chi connectivity index (χ4v) is 3.43. The molecule has 0 amide bonds. The molecular formula is C20H24N2S. The number of aryl methyl sites for hydroxylation is 1. The molecule has 1 saturated heterocycles. The first-order chi connectivity index (χ1) is 11.2. The molecule has 120 valence electrons. The van der Waals surface area contributed by atoms with Crippen molar-refractivity contribution in [3.8, 4) is 0 Å². The van der Waals surface area contributed by atoms with Crippen LogP contribution in [0, 0.1) is 12.8 Å². The molecule has 3 heteroatoms. The zero-order valence-corrected chi connectivity index (χ0v) is 14.5. The Kier molecular flexibility index (Phi) is 5.29. The molecule has 1 heterocycles. The highest BCUT2D eigenvalue weighted by molar-refractivity contribution is 7.80. The lowest BCUT2D eigenvalue weighted by molar-refractivity contribution is 0.268. The van der Waals surface area contributed by atoms with E-state index in [0.29, 0.717) is 0 Å². The van der Waals surface area contributed by atoms with Gasteiger partial charge in [0.2, 0.25) is 0 Å². The van der Waals surface area contributed by atoms with Crippen LogP contribution in [0.4, 0.5) is 5.69 Å². The maximum atomic E-state index is 5.57.